The molecule has 2 unspecified atom stereocenters. The first kappa shape index (κ1) is 15.6. The van der Waals surface area contributed by atoms with Gasteiger partial charge in [-0.15, -0.1) is 0 Å². The lowest BCUT2D eigenvalue weighted by atomic mass is 9.60. The summed E-state index contributed by atoms with van der Waals surface area (Å²) in [5.74, 6) is 0.865. The number of hydrogen-bond donors (Lipinski definition) is 1. The predicted molar refractivity (Wildman–Crippen MR) is 90.5 cm³/mol. The third-order valence-corrected chi connectivity index (χ3v) is 6.24. The third kappa shape index (κ3) is 3.07. The standard InChI is InChI=1S/C19H34N2/c1-5-8-15(7-3)17-9-18(17)20-16-10-19(11-16)12-21(13-19)14(4)6-2/h8,14,16-18,20H,5-7,9-13H2,1-4H3/b15-8+/t14?,17-,18?/m0/s1. The van der Waals surface area contributed by atoms with Gasteiger partial charge < -0.3 is 5.32 Å². The fourth-order valence-corrected chi connectivity index (χ4v) is 4.66. The average molecular weight is 290 g/mol. The summed E-state index contributed by atoms with van der Waals surface area (Å²) in [6.07, 6.45) is 10.5. The van der Waals surface area contributed by atoms with Crippen LogP contribution < -0.4 is 5.32 Å². The first-order valence-electron chi connectivity index (χ1n) is 9.29. The van der Waals surface area contributed by atoms with Gasteiger partial charge >= 0.3 is 0 Å². The molecule has 3 aliphatic rings. The van der Waals surface area contributed by atoms with E-state index in [2.05, 4.69) is 44.0 Å². The maximum atomic E-state index is 3.94. The normalized spacial score (nSPS) is 33.6. The Morgan fingerprint density at radius 1 is 1.29 bits per heavy atom. The molecule has 0 aromatic rings. The van der Waals surface area contributed by atoms with Crippen molar-refractivity contribution in [2.45, 2.75) is 84.3 Å². The number of allylic oxidation sites excluding steroid dienone is 1. The molecule has 0 radical (unpaired) electrons. The third-order valence-electron chi connectivity index (χ3n) is 6.24. The van der Waals surface area contributed by atoms with Gasteiger partial charge in [0.1, 0.15) is 0 Å². The molecule has 2 heteroatoms. The molecule has 1 heterocycles. The van der Waals surface area contributed by atoms with Gasteiger partial charge in [-0.05, 0) is 56.8 Å². The number of likely N-dealkylation sites (tertiary alicyclic amines) is 1. The summed E-state index contributed by atoms with van der Waals surface area (Å²) in [6, 6.07) is 2.41. The van der Waals surface area contributed by atoms with E-state index in [1.165, 1.54) is 51.6 Å². The second kappa shape index (κ2) is 6.04. The van der Waals surface area contributed by atoms with Gasteiger partial charge in [-0.1, -0.05) is 32.4 Å². The quantitative estimate of drug-likeness (QED) is 0.714. The van der Waals surface area contributed by atoms with Gasteiger partial charge in [-0.2, -0.15) is 0 Å². The number of rotatable bonds is 7. The van der Waals surface area contributed by atoms with Crippen LogP contribution in [0.4, 0.5) is 0 Å². The van der Waals surface area contributed by atoms with Crippen LogP contribution in [-0.2, 0) is 0 Å². The maximum Gasteiger partial charge on any atom is 0.0142 e. The number of nitrogens with zero attached hydrogens (tertiary/aromatic N) is 1. The molecule has 3 atom stereocenters. The molecular weight excluding hydrogens is 256 g/mol. The molecular formula is C19H34N2. The Morgan fingerprint density at radius 2 is 2.00 bits per heavy atom. The van der Waals surface area contributed by atoms with E-state index in [1.807, 2.05) is 0 Å². The van der Waals surface area contributed by atoms with Gasteiger partial charge in [-0.3, -0.25) is 4.90 Å². The molecule has 1 N–H and O–H groups in total. The van der Waals surface area contributed by atoms with Crippen molar-refractivity contribution in [3.05, 3.63) is 11.6 Å². The Morgan fingerprint density at radius 3 is 2.57 bits per heavy atom. The molecule has 1 aliphatic heterocycles. The van der Waals surface area contributed by atoms with Crippen molar-refractivity contribution in [3.8, 4) is 0 Å². The Kier molecular flexibility index (Phi) is 4.47. The van der Waals surface area contributed by atoms with E-state index < -0.39 is 0 Å². The van der Waals surface area contributed by atoms with Crippen molar-refractivity contribution in [3.63, 3.8) is 0 Å². The van der Waals surface area contributed by atoms with Crippen molar-refractivity contribution in [2.24, 2.45) is 11.3 Å². The molecule has 0 aromatic carbocycles. The highest BCUT2D eigenvalue weighted by molar-refractivity contribution is 5.19. The van der Waals surface area contributed by atoms with E-state index in [-0.39, 0.29) is 0 Å². The molecule has 120 valence electrons. The van der Waals surface area contributed by atoms with Crippen LogP contribution >= 0.6 is 0 Å². The number of nitrogens with one attached hydrogen (secondary N) is 1. The minimum absolute atomic E-state index is 0.707. The van der Waals surface area contributed by atoms with Gasteiger partial charge in [0.05, 0.1) is 0 Å². The zero-order chi connectivity index (χ0) is 15.0. The molecule has 3 fully saturated rings. The SMILES string of the molecule is CC/C=C(\CC)[C@@H]1CC1NC1CC2(C1)CN(C(C)CC)C2. The summed E-state index contributed by atoms with van der Waals surface area (Å²) in [6.45, 7) is 12.0. The van der Waals surface area contributed by atoms with Crippen molar-refractivity contribution in [1.82, 2.24) is 10.2 Å². The van der Waals surface area contributed by atoms with E-state index in [9.17, 15) is 0 Å². The largest absolute Gasteiger partial charge is 0.311 e. The highest BCUT2D eigenvalue weighted by Gasteiger charge is 2.54. The molecule has 2 aliphatic carbocycles. The monoisotopic (exact) mass is 290 g/mol. The zero-order valence-electron chi connectivity index (χ0n) is 14.5. The van der Waals surface area contributed by atoms with Crippen LogP contribution in [0.1, 0.15) is 66.2 Å². The second-order valence-electron chi connectivity index (χ2n) is 7.92. The van der Waals surface area contributed by atoms with Crippen molar-refractivity contribution < 1.29 is 0 Å². The fourth-order valence-electron chi connectivity index (χ4n) is 4.66. The smallest absolute Gasteiger partial charge is 0.0142 e. The summed E-state index contributed by atoms with van der Waals surface area (Å²) in [5.41, 5.74) is 2.41. The van der Waals surface area contributed by atoms with E-state index in [4.69, 9.17) is 0 Å². The van der Waals surface area contributed by atoms with Gasteiger partial charge in [0.15, 0.2) is 0 Å². The van der Waals surface area contributed by atoms with Crippen molar-refractivity contribution in [2.75, 3.05) is 13.1 Å². The van der Waals surface area contributed by atoms with Crippen LogP contribution in [0.5, 0.6) is 0 Å². The first-order valence-corrected chi connectivity index (χ1v) is 9.29. The fraction of sp³-hybridized carbons (Fsp3) is 0.895. The molecule has 21 heavy (non-hydrogen) atoms. The van der Waals surface area contributed by atoms with Crippen LogP contribution in [0.3, 0.4) is 0 Å². The average Bonchev–Trinajstić information content (AvgIpc) is 3.15. The van der Waals surface area contributed by atoms with E-state index in [0.29, 0.717) is 5.41 Å². The Labute approximate surface area is 131 Å². The Hall–Kier alpha value is -0.340. The lowest BCUT2D eigenvalue weighted by Gasteiger charge is -2.61. The maximum absolute atomic E-state index is 3.94. The van der Waals surface area contributed by atoms with Crippen LogP contribution in [-0.4, -0.2) is 36.1 Å². The van der Waals surface area contributed by atoms with Crippen LogP contribution in [0, 0.1) is 11.3 Å². The van der Waals surface area contributed by atoms with Crippen LogP contribution in [0.2, 0.25) is 0 Å². The molecule has 3 rings (SSSR count). The van der Waals surface area contributed by atoms with E-state index >= 15 is 0 Å². The lowest BCUT2D eigenvalue weighted by Crippen LogP contribution is -2.67. The minimum Gasteiger partial charge on any atom is -0.311 e. The summed E-state index contributed by atoms with van der Waals surface area (Å²) in [5, 5.41) is 3.94. The molecule has 2 nitrogen and oxygen atoms in total. The predicted octanol–water partition coefficient (Wildman–Crippen LogP) is 3.97. The Bertz CT molecular complexity index is 386. The van der Waals surface area contributed by atoms with Crippen LogP contribution in [0.15, 0.2) is 11.6 Å². The van der Waals surface area contributed by atoms with E-state index in [1.54, 1.807) is 5.57 Å². The molecule has 1 spiro atoms. The summed E-state index contributed by atoms with van der Waals surface area (Å²) >= 11 is 0. The number of hydrogen-bond acceptors (Lipinski definition) is 2. The van der Waals surface area contributed by atoms with Gasteiger partial charge in [0, 0.05) is 31.2 Å². The lowest BCUT2D eigenvalue weighted by molar-refractivity contribution is -0.0967. The van der Waals surface area contributed by atoms with Crippen LogP contribution in [0.25, 0.3) is 0 Å². The summed E-state index contributed by atoms with van der Waals surface area (Å²) < 4.78 is 0. The molecule has 1 saturated heterocycles. The summed E-state index contributed by atoms with van der Waals surface area (Å²) in [7, 11) is 0. The molecule has 0 aromatic heterocycles. The molecule has 0 bridgehead atoms. The molecule has 2 saturated carbocycles. The van der Waals surface area contributed by atoms with Gasteiger partial charge in [-0.25, -0.2) is 0 Å². The zero-order valence-corrected chi connectivity index (χ0v) is 14.5. The Balaban J connectivity index is 1.37. The van der Waals surface area contributed by atoms with Crippen molar-refractivity contribution in [1.29, 1.82) is 0 Å². The molecule has 0 amide bonds. The topological polar surface area (TPSA) is 15.3 Å². The highest BCUT2D eigenvalue weighted by Crippen LogP contribution is 2.50. The minimum atomic E-state index is 0.707. The van der Waals surface area contributed by atoms with Gasteiger partial charge in [0.25, 0.3) is 0 Å². The first-order chi connectivity index (χ1) is 10.1. The van der Waals surface area contributed by atoms with Crippen molar-refractivity contribution >= 4 is 0 Å². The van der Waals surface area contributed by atoms with E-state index in [0.717, 1.165) is 24.0 Å². The second-order valence-corrected chi connectivity index (χ2v) is 7.92. The highest BCUT2D eigenvalue weighted by atomic mass is 15.2. The van der Waals surface area contributed by atoms with Gasteiger partial charge in [0.2, 0.25) is 0 Å². The summed E-state index contributed by atoms with van der Waals surface area (Å²) in [4.78, 5) is 2.68.